The molecule has 1 aliphatic rings. The zero-order valence-corrected chi connectivity index (χ0v) is 13.9. The number of carbonyl (C=O) groups is 2. The molecule has 124 valence electrons. The van der Waals surface area contributed by atoms with Crippen molar-refractivity contribution in [3.63, 3.8) is 0 Å². The molecule has 0 unspecified atom stereocenters. The zero-order chi connectivity index (χ0) is 16.9. The highest BCUT2D eigenvalue weighted by Gasteiger charge is 2.19. The second kappa shape index (κ2) is 7.45. The number of halogens is 1. The molecule has 1 saturated heterocycles. The monoisotopic (exact) mass is 343 g/mol. The maximum atomic E-state index is 12.3. The van der Waals surface area contributed by atoms with E-state index in [1.807, 2.05) is 17.0 Å². The number of likely N-dealkylation sites (tertiary alicyclic amines) is 1. The third-order valence-electron chi connectivity index (χ3n) is 4.00. The number of nitrogens with one attached hydrogen (secondary N) is 1. The van der Waals surface area contributed by atoms with Gasteiger partial charge >= 0.3 is 0 Å². The van der Waals surface area contributed by atoms with Gasteiger partial charge in [-0.2, -0.15) is 0 Å². The molecule has 3 rings (SSSR count). The van der Waals surface area contributed by atoms with Crippen molar-refractivity contribution in [1.82, 2.24) is 15.2 Å². The van der Waals surface area contributed by atoms with Crippen LogP contribution in [0.2, 0.25) is 5.02 Å². The second-order valence-electron chi connectivity index (χ2n) is 5.74. The number of carbonyl (C=O) groups excluding carboxylic acids is 2. The van der Waals surface area contributed by atoms with Crippen LogP contribution in [-0.2, 0) is 6.54 Å². The Morgan fingerprint density at radius 1 is 1.12 bits per heavy atom. The Kier molecular flexibility index (Phi) is 5.11. The van der Waals surface area contributed by atoms with Gasteiger partial charge in [-0.3, -0.25) is 14.6 Å². The quantitative estimate of drug-likeness (QED) is 0.928. The fourth-order valence-corrected chi connectivity index (χ4v) is 2.83. The smallest absolute Gasteiger partial charge is 0.270 e. The molecule has 0 radical (unpaired) electrons. The number of aromatic nitrogens is 1. The summed E-state index contributed by atoms with van der Waals surface area (Å²) in [6.45, 7) is 2.04. The molecule has 2 aromatic rings. The fourth-order valence-electron chi connectivity index (χ4n) is 2.67. The molecule has 2 amide bonds. The zero-order valence-electron chi connectivity index (χ0n) is 13.2. The van der Waals surface area contributed by atoms with Crippen LogP contribution in [0.5, 0.6) is 0 Å². The molecule has 0 spiro atoms. The molecule has 0 atom stereocenters. The summed E-state index contributed by atoms with van der Waals surface area (Å²) in [6.07, 6.45) is 3.65. The lowest BCUT2D eigenvalue weighted by Crippen LogP contribution is -2.27. The van der Waals surface area contributed by atoms with Crippen molar-refractivity contribution in [1.29, 1.82) is 0 Å². The first kappa shape index (κ1) is 16.5. The van der Waals surface area contributed by atoms with E-state index in [4.69, 9.17) is 11.6 Å². The highest BCUT2D eigenvalue weighted by atomic mass is 35.5. The molecular weight excluding hydrogens is 326 g/mol. The van der Waals surface area contributed by atoms with Crippen molar-refractivity contribution in [2.45, 2.75) is 19.4 Å². The summed E-state index contributed by atoms with van der Waals surface area (Å²) in [5, 5.41) is 3.26. The summed E-state index contributed by atoms with van der Waals surface area (Å²) < 4.78 is 0. The number of hydrogen-bond donors (Lipinski definition) is 1. The van der Waals surface area contributed by atoms with Gasteiger partial charge in [0.25, 0.3) is 11.8 Å². The van der Waals surface area contributed by atoms with E-state index in [1.54, 1.807) is 18.2 Å². The number of rotatable bonds is 4. The van der Waals surface area contributed by atoms with Crippen molar-refractivity contribution in [2.24, 2.45) is 0 Å². The Bertz CT molecular complexity index is 740. The Morgan fingerprint density at radius 2 is 1.83 bits per heavy atom. The van der Waals surface area contributed by atoms with Gasteiger partial charge in [-0.1, -0.05) is 23.7 Å². The molecule has 1 aromatic carbocycles. The molecular formula is C18H18ClN3O2. The topological polar surface area (TPSA) is 62.3 Å². The molecule has 6 heteroatoms. The maximum Gasteiger partial charge on any atom is 0.270 e. The Hall–Kier alpha value is -2.40. The summed E-state index contributed by atoms with van der Waals surface area (Å²) in [4.78, 5) is 30.2. The summed E-state index contributed by atoms with van der Waals surface area (Å²) >= 11 is 5.85. The standard InChI is InChI=1S/C18H18ClN3O2/c19-15-7-8-20-16(11-15)17(23)21-12-13-3-5-14(6-4-13)18(24)22-9-1-2-10-22/h3-8,11H,1-2,9-10,12H2,(H,21,23). The van der Waals surface area contributed by atoms with E-state index in [9.17, 15) is 9.59 Å². The van der Waals surface area contributed by atoms with Crippen LogP contribution in [0.25, 0.3) is 0 Å². The first-order chi connectivity index (χ1) is 11.6. The third kappa shape index (κ3) is 3.92. The van der Waals surface area contributed by atoms with E-state index in [1.165, 1.54) is 12.3 Å². The predicted octanol–water partition coefficient (Wildman–Crippen LogP) is 2.90. The number of amides is 2. The van der Waals surface area contributed by atoms with E-state index >= 15 is 0 Å². The first-order valence-electron chi connectivity index (χ1n) is 7.91. The van der Waals surface area contributed by atoms with Crippen LogP contribution in [-0.4, -0.2) is 34.8 Å². The minimum atomic E-state index is -0.283. The van der Waals surface area contributed by atoms with Gasteiger partial charge in [0.1, 0.15) is 5.69 Å². The average molecular weight is 344 g/mol. The Labute approximate surface area is 145 Å². The van der Waals surface area contributed by atoms with Gasteiger partial charge in [0, 0.05) is 36.4 Å². The predicted molar refractivity (Wildman–Crippen MR) is 92.0 cm³/mol. The highest BCUT2D eigenvalue weighted by Crippen LogP contribution is 2.14. The van der Waals surface area contributed by atoms with Crippen LogP contribution in [0.3, 0.4) is 0 Å². The van der Waals surface area contributed by atoms with Gasteiger partial charge in [-0.25, -0.2) is 0 Å². The van der Waals surface area contributed by atoms with Crippen molar-refractivity contribution in [2.75, 3.05) is 13.1 Å². The van der Waals surface area contributed by atoms with E-state index < -0.39 is 0 Å². The van der Waals surface area contributed by atoms with Crippen LogP contribution in [0.1, 0.15) is 39.3 Å². The van der Waals surface area contributed by atoms with E-state index in [0.29, 0.717) is 17.1 Å². The minimum absolute atomic E-state index is 0.0752. The van der Waals surface area contributed by atoms with Crippen LogP contribution >= 0.6 is 11.6 Å². The largest absolute Gasteiger partial charge is 0.347 e. The molecule has 1 aliphatic heterocycles. The van der Waals surface area contributed by atoms with Gasteiger partial charge in [0.05, 0.1) is 0 Å². The van der Waals surface area contributed by atoms with Crippen molar-refractivity contribution in [3.8, 4) is 0 Å². The number of hydrogen-bond acceptors (Lipinski definition) is 3. The van der Waals surface area contributed by atoms with Gasteiger partial charge in [0.15, 0.2) is 0 Å². The van der Waals surface area contributed by atoms with Gasteiger partial charge in [-0.05, 0) is 42.7 Å². The fraction of sp³-hybridized carbons (Fsp3) is 0.278. The van der Waals surface area contributed by atoms with E-state index in [2.05, 4.69) is 10.3 Å². The van der Waals surface area contributed by atoms with Crippen LogP contribution < -0.4 is 5.32 Å². The minimum Gasteiger partial charge on any atom is -0.347 e. The Balaban J connectivity index is 1.58. The lowest BCUT2D eigenvalue weighted by atomic mass is 10.1. The molecule has 2 heterocycles. The lowest BCUT2D eigenvalue weighted by molar-refractivity contribution is 0.0792. The SMILES string of the molecule is O=C(NCc1ccc(C(=O)N2CCCC2)cc1)c1cc(Cl)ccn1. The highest BCUT2D eigenvalue weighted by molar-refractivity contribution is 6.30. The summed E-state index contributed by atoms with van der Waals surface area (Å²) in [5.41, 5.74) is 1.88. The first-order valence-corrected chi connectivity index (χ1v) is 8.29. The van der Waals surface area contributed by atoms with Crippen molar-refractivity contribution < 1.29 is 9.59 Å². The van der Waals surface area contributed by atoms with Crippen LogP contribution in [0, 0.1) is 0 Å². The summed E-state index contributed by atoms with van der Waals surface area (Å²) in [6, 6.07) is 10.5. The third-order valence-corrected chi connectivity index (χ3v) is 4.24. The molecule has 1 fully saturated rings. The molecule has 0 bridgehead atoms. The van der Waals surface area contributed by atoms with Crippen molar-refractivity contribution >= 4 is 23.4 Å². The van der Waals surface area contributed by atoms with E-state index in [-0.39, 0.29) is 17.5 Å². The van der Waals surface area contributed by atoms with Gasteiger partial charge < -0.3 is 10.2 Å². The summed E-state index contributed by atoms with van der Waals surface area (Å²) in [5.74, 6) is -0.207. The molecule has 1 aromatic heterocycles. The molecule has 1 N–H and O–H groups in total. The van der Waals surface area contributed by atoms with E-state index in [0.717, 1.165) is 31.5 Å². The molecule has 0 aliphatic carbocycles. The normalized spacial score (nSPS) is 13.8. The van der Waals surface area contributed by atoms with Gasteiger partial charge in [0.2, 0.25) is 0 Å². The number of pyridine rings is 1. The lowest BCUT2D eigenvalue weighted by Gasteiger charge is -2.15. The number of nitrogens with zero attached hydrogens (tertiary/aromatic N) is 2. The van der Waals surface area contributed by atoms with Crippen LogP contribution in [0.4, 0.5) is 0 Å². The maximum absolute atomic E-state index is 12.3. The van der Waals surface area contributed by atoms with Crippen molar-refractivity contribution in [3.05, 3.63) is 64.4 Å². The summed E-state index contributed by atoms with van der Waals surface area (Å²) in [7, 11) is 0. The molecule has 24 heavy (non-hydrogen) atoms. The number of benzene rings is 1. The van der Waals surface area contributed by atoms with Crippen LogP contribution in [0.15, 0.2) is 42.6 Å². The average Bonchev–Trinajstić information content (AvgIpc) is 3.14. The van der Waals surface area contributed by atoms with Gasteiger partial charge in [-0.15, -0.1) is 0 Å². The Morgan fingerprint density at radius 3 is 2.50 bits per heavy atom. The molecule has 5 nitrogen and oxygen atoms in total. The molecule has 0 saturated carbocycles. The second-order valence-corrected chi connectivity index (χ2v) is 6.17.